The molecule has 102 valence electrons. The number of carbonyl (C=O) groups excluding carboxylic acids is 1. The fourth-order valence-electron chi connectivity index (χ4n) is 3.95. The van der Waals surface area contributed by atoms with Crippen molar-refractivity contribution in [2.24, 2.45) is 5.92 Å². The minimum Gasteiger partial charge on any atom is -0.335 e. The first kappa shape index (κ1) is 12.7. The standard InChI is InChI=1S/C16H22N2O/c1-13(19)17(2)16(14-6-4-3-5-7-14)12-18-10-8-15(16)9-11-18/h3-7,15H,8-12H2,1-2H3. The molecule has 2 bridgehead atoms. The third-order valence-corrected chi connectivity index (χ3v) is 5.07. The monoisotopic (exact) mass is 258 g/mol. The summed E-state index contributed by atoms with van der Waals surface area (Å²) < 4.78 is 0. The van der Waals surface area contributed by atoms with Crippen molar-refractivity contribution in [1.29, 1.82) is 0 Å². The van der Waals surface area contributed by atoms with Crippen LogP contribution >= 0.6 is 0 Å². The van der Waals surface area contributed by atoms with E-state index in [4.69, 9.17) is 0 Å². The Morgan fingerprint density at radius 1 is 1.26 bits per heavy atom. The maximum absolute atomic E-state index is 12.0. The number of hydrogen-bond acceptors (Lipinski definition) is 2. The van der Waals surface area contributed by atoms with Gasteiger partial charge in [0.2, 0.25) is 5.91 Å². The molecule has 0 saturated carbocycles. The molecule has 3 aliphatic rings. The summed E-state index contributed by atoms with van der Waals surface area (Å²) in [5, 5.41) is 0. The van der Waals surface area contributed by atoms with Crippen LogP contribution < -0.4 is 0 Å². The molecule has 3 fully saturated rings. The highest BCUT2D eigenvalue weighted by molar-refractivity contribution is 5.74. The summed E-state index contributed by atoms with van der Waals surface area (Å²) in [6.45, 7) is 5.04. The molecule has 3 heterocycles. The lowest BCUT2D eigenvalue weighted by atomic mass is 9.68. The number of carbonyl (C=O) groups is 1. The van der Waals surface area contributed by atoms with Gasteiger partial charge in [-0.25, -0.2) is 0 Å². The third-order valence-electron chi connectivity index (χ3n) is 5.07. The smallest absolute Gasteiger partial charge is 0.219 e. The normalized spacial score (nSPS) is 33.2. The number of amides is 1. The summed E-state index contributed by atoms with van der Waals surface area (Å²) in [6.07, 6.45) is 2.40. The van der Waals surface area contributed by atoms with Gasteiger partial charge in [-0.15, -0.1) is 0 Å². The average molecular weight is 258 g/mol. The van der Waals surface area contributed by atoms with Crippen LogP contribution in [0.5, 0.6) is 0 Å². The van der Waals surface area contributed by atoms with E-state index in [2.05, 4.69) is 29.2 Å². The fraction of sp³-hybridized carbons (Fsp3) is 0.562. The summed E-state index contributed by atoms with van der Waals surface area (Å²) in [6, 6.07) is 10.6. The Hall–Kier alpha value is -1.35. The van der Waals surface area contributed by atoms with E-state index >= 15 is 0 Å². The fourth-order valence-corrected chi connectivity index (χ4v) is 3.95. The molecule has 4 rings (SSSR count). The van der Waals surface area contributed by atoms with Crippen LogP contribution in [-0.4, -0.2) is 42.4 Å². The van der Waals surface area contributed by atoms with E-state index in [0.717, 1.165) is 6.54 Å². The van der Waals surface area contributed by atoms with E-state index in [9.17, 15) is 4.79 Å². The molecule has 0 radical (unpaired) electrons. The van der Waals surface area contributed by atoms with Gasteiger partial charge in [0.25, 0.3) is 0 Å². The van der Waals surface area contributed by atoms with E-state index in [-0.39, 0.29) is 11.4 Å². The Kier molecular flexibility index (Phi) is 3.09. The van der Waals surface area contributed by atoms with Crippen LogP contribution in [0.3, 0.4) is 0 Å². The first-order valence-electron chi connectivity index (χ1n) is 7.17. The Bertz CT molecular complexity index is 465. The number of benzene rings is 1. The molecular formula is C16H22N2O. The molecule has 0 aliphatic carbocycles. The molecule has 1 unspecified atom stereocenters. The topological polar surface area (TPSA) is 23.6 Å². The second-order valence-corrected chi connectivity index (χ2v) is 5.92. The van der Waals surface area contributed by atoms with Crippen molar-refractivity contribution in [3.8, 4) is 0 Å². The van der Waals surface area contributed by atoms with E-state index in [0.29, 0.717) is 5.92 Å². The van der Waals surface area contributed by atoms with Crippen molar-refractivity contribution in [2.75, 3.05) is 26.7 Å². The Labute approximate surface area is 115 Å². The van der Waals surface area contributed by atoms with Gasteiger partial charge in [0.1, 0.15) is 0 Å². The van der Waals surface area contributed by atoms with Crippen molar-refractivity contribution in [3.05, 3.63) is 35.9 Å². The number of nitrogens with zero attached hydrogens (tertiary/aromatic N) is 2. The lowest BCUT2D eigenvalue weighted by Gasteiger charge is -2.57. The Morgan fingerprint density at radius 3 is 2.37 bits per heavy atom. The molecule has 19 heavy (non-hydrogen) atoms. The molecule has 3 aliphatic heterocycles. The highest BCUT2D eigenvalue weighted by Gasteiger charge is 2.51. The Morgan fingerprint density at radius 2 is 1.89 bits per heavy atom. The number of hydrogen-bond donors (Lipinski definition) is 0. The maximum atomic E-state index is 12.0. The number of rotatable bonds is 2. The zero-order valence-electron chi connectivity index (χ0n) is 11.8. The van der Waals surface area contributed by atoms with Crippen molar-refractivity contribution >= 4 is 5.91 Å². The Balaban J connectivity index is 2.08. The number of likely N-dealkylation sites (N-methyl/N-ethyl adjacent to an activating group) is 1. The van der Waals surface area contributed by atoms with Gasteiger partial charge < -0.3 is 9.80 Å². The largest absolute Gasteiger partial charge is 0.335 e. The van der Waals surface area contributed by atoms with E-state index in [1.54, 1.807) is 6.92 Å². The average Bonchev–Trinajstić information content (AvgIpc) is 2.48. The predicted molar refractivity (Wildman–Crippen MR) is 75.7 cm³/mol. The van der Waals surface area contributed by atoms with Crippen molar-refractivity contribution < 1.29 is 4.79 Å². The van der Waals surface area contributed by atoms with Crippen LogP contribution in [0.25, 0.3) is 0 Å². The zero-order valence-corrected chi connectivity index (χ0v) is 11.8. The highest BCUT2D eigenvalue weighted by Crippen LogP contribution is 2.46. The van der Waals surface area contributed by atoms with Gasteiger partial charge in [0, 0.05) is 20.5 Å². The van der Waals surface area contributed by atoms with E-state index in [1.165, 1.54) is 31.5 Å². The summed E-state index contributed by atoms with van der Waals surface area (Å²) in [5.74, 6) is 0.756. The van der Waals surface area contributed by atoms with Gasteiger partial charge in [-0.2, -0.15) is 0 Å². The van der Waals surface area contributed by atoms with Gasteiger partial charge in [0.15, 0.2) is 0 Å². The summed E-state index contributed by atoms with van der Waals surface area (Å²) >= 11 is 0. The molecule has 3 heteroatoms. The highest BCUT2D eigenvalue weighted by atomic mass is 16.2. The van der Waals surface area contributed by atoms with Gasteiger partial charge in [-0.3, -0.25) is 4.79 Å². The van der Waals surface area contributed by atoms with E-state index < -0.39 is 0 Å². The van der Waals surface area contributed by atoms with Crippen LogP contribution in [0.4, 0.5) is 0 Å². The van der Waals surface area contributed by atoms with Gasteiger partial charge in [-0.05, 0) is 37.4 Å². The molecule has 0 spiro atoms. The summed E-state index contributed by atoms with van der Waals surface area (Å²) in [7, 11) is 1.97. The minimum absolute atomic E-state index is 0.121. The third kappa shape index (κ3) is 1.88. The van der Waals surface area contributed by atoms with Crippen LogP contribution in [0.2, 0.25) is 0 Å². The lowest BCUT2D eigenvalue weighted by Crippen LogP contribution is -2.64. The quantitative estimate of drug-likeness (QED) is 0.811. The minimum atomic E-state index is -0.121. The van der Waals surface area contributed by atoms with E-state index in [1.807, 2.05) is 18.0 Å². The van der Waals surface area contributed by atoms with Crippen molar-refractivity contribution in [2.45, 2.75) is 25.3 Å². The molecule has 3 saturated heterocycles. The molecule has 3 nitrogen and oxygen atoms in total. The number of piperidine rings is 3. The zero-order chi connectivity index (χ0) is 13.5. The lowest BCUT2D eigenvalue weighted by molar-refractivity contribution is -0.144. The molecule has 1 amide bonds. The first-order valence-corrected chi connectivity index (χ1v) is 7.17. The molecular weight excluding hydrogens is 236 g/mol. The van der Waals surface area contributed by atoms with Crippen LogP contribution in [-0.2, 0) is 10.3 Å². The molecule has 0 aromatic heterocycles. The van der Waals surface area contributed by atoms with Crippen molar-refractivity contribution in [3.63, 3.8) is 0 Å². The SMILES string of the molecule is CC(=O)N(C)C1(c2ccccc2)CN2CCC1CC2. The predicted octanol–water partition coefficient (Wildman–Crippen LogP) is 2.09. The van der Waals surface area contributed by atoms with Crippen molar-refractivity contribution in [1.82, 2.24) is 9.80 Å². The van der Waals surface area contributed by atoms with Gasteiger partial charge in [-0.1, -0.05) is 30.3 Å². The summed E-state index contributed by atoms with van der Waals surface area (Å²) in [5.41, 5.74) is 1.17. The van der Waals surface area contributed by atoms with Crippen LogP contribution in [0.1, 0.15) is 25.3 Å². The summed E-state index contributed by atoms with van der Waals surface area (Å²) in [4.78, 5) is 16.5. The van der Waals surface area contributed by atoms with Gasteiger partial charge >= 0.3 is 0 Å². The molecule has 1 atom stereocenters. The molecule has 1 aromatic carbocycles. The second-order valence-electron chi connectivity index (χ2n) is 5.92. The van der Waals surface area contributed by atoms with Gasteiger partial charge in [0.05, 0.1) is 5.54 Å². The first-order chi connectivity index (χ1) is 9.14. The second kappa shape index (κ2) is 4.64. The van der Waals surface area contributed by atoms with Crippen LogP contribution in [0, 0.1) is 5.92 Å². The molecule has 0 N–H and O–H groups in total. The van der Waals surface area contributed by atoms with Crippen LogP contribution in [0.15, 0.2) is 30.3 Å². The molecule has 1 aromatic rings. The maximum Gasteiger partial charge on any atom is 0.219 e. The number of fused-ring (bicyclic) bond motifs is 3.